The van der Waals surface area contributed by atoms with Gasteiger partial charge in [0.2, 0.25) is 0 Å². The number of fused-ring (bicyclic) bond motifs is 1. The molecule has 1 heterocycles. The highest BCUT2D eigenvalue weighted by molar-refractivity contribution is 7.21. The molecule has 4 rings (SSSR count). The predicted octanol–water partition coefficient (Wildman–Crippen LogP) is 5.72. The maximum absolute atomic E-state index is 5.70. The highest BCUT2D eigenvalue weighted by Crippen LogP contribution is 2.30. The molecule has 24 heavy (non-hydrogen) atoms. The van der Waals surface area contributed by atoms with E-state index < -0.39 is 0 Å². The summed E-state index contributed by atoms with van der Waals surface area (Å²) in [6.07, 6.45) is 4.19. The number of anilines is 1. The van der Waals surface area contributed by atoms with Crippen molar-refractivity contribution >= 4 is 39.4 Å². The minimum Gasteiger partial charge on any atom is -0.399 e. The Morgan fingerprint density at radius 3 is 2.04 bits per heavy atom. The molecule has 0 amide bonds. The van der Waals surface area contributed by atoms with E-state index in [1.54, 1.807) is 11.3 Å². The van der Waals surface area contributed by atoms with Gasteiger partial charge >= 0.3 is 0 Å². The summed E-state index contributed by atoms with van der Waals surface area (Å²) in [4.78, 5) is 4.70. The van der Waals surface area contributed by atoms with Gasteiger partial charge in [-0.25, -0.2) is 4.98 Å². The van der Waals surface area contributed by atoms with Crippen LogP contribution in [-0.4, -0.2) is 4.98 Å². The van der Waals surface area contributed by atoms with Gasteiger partial charge in [0.1, 0.15) is 5.01 Å². The molecule has 1 aromatic heterocycles. The highest BCUT2D eigenvalue weighted by atomic mass is 32.1. The molecule has 0 aliphatic heterocycles. The SMILES string of the molecule is Nc1ccc(/C=C/c2ccc(-c3nc4ccccc4s3)cc2)cc1. The molecule has 0 saturated carbocycles. The quantitative estimate of drug-likeness (QED) is 0.386. The zero-order valence-electron chi connectivity index (χ0n) is 13.0. The minimum absolute atomic E-state index is 0.785. The Morgan fingerprint density at radius 2 is 1.38 bits per heavy atom. The van der Waals surface area contributed by atoms with Crippen molar-refractivity contribution in [3.8, 4) is 10.6 Å². The van der Waals surface area contributed by atoms with Crippen LogP contribution < -0.4 is 5.73 Å². The Bertz CT molecular complexity index is 963. The number of hydrogen-bond acceptors (Lipinski definition) is 3. The highest BCUT2D eigenvalue weighted by Gasteiger charge is 2.05. The lowest BCUT2D eigenvalue weighted by molar-refractivity contribution is 1.47. The Kier molecular flexibility index (Phi) is 3.85. The van der Waals surface area contributed by atoms with Gasteiger partial charge in [0, 0.05) is 11.3 Å². The number of aromatic nitrogens is 1. The average molecular weight is 328 g/mol. The zero-order chi connectivity index (χ0) is 16.4. The van der Waals surface area contributed by atoms with Crippen LogP contribution in [0.25, 0.3) is 32.9 Å². The van der Waals surface area contributed by atoms with Crippen LogP contribution in [0.2, 0.25) is 0 Å². The maximum atomic E-state index is 5.70. The summed E-state index contributed by atoms with van der Waals surface area (Å²) in [7, 11) is 0. The number of benzene rings is 3. The molecular weight excluding hydrogens is 312 g/mol. The van der Waals surface area contributed by atoms with Gasteiger partial charge in [-0.05, 0) is 35.4 Å². The van der Waals surface area contributed by atoms with E-state index in [0.717, 1.165) is 32.9 Å². The van der Waals surface area contributed by atoms with E-state index in [1.165, 1.54) is 4.70 Å². The smallest absolute Gasteiger partial charge is 0.124 e. The molecule has 116 valence electrons. The van der Waals surface area contributed by atoms with E-state index >= 15 is 0 Å². The lowest BCUT2D eigenvalue weighted by Crippen LogP contribution is -1.82. The third-order valence-electron chi connectivity index (χ3n) is 3.86. The van der Waals surface area contributed by atoms with Gasteiger partial charge in [0.25, 0.3) is 0 Å². The predicted molar refractivity (Wildman–Crippen MR) is 105 cm³/mol. The van der Waals surface area contributed by atoms with Crippen LogP contribution in [0.3, 0.4) is 0 Å². The molecule has 3 aromatic carbocycles. The number of hydrogen-bond donors (Lipinski definition) is 1. The summed E-state index contributed by atoms with van der Waals surface area (Å²) in [5.41, 5.74) is 11.0. The van der Waals surface area contributed by atoms with E-state index in [9.17, 15) is 0 Å². The monoisotopic (exact) mass is 328 g/mol. The van der Waals surface area contributed by atoms with Gasteiger partial charge in [0.05, 0.1) is 10.2 Å². The molecule has 0 aliphatic rings. The van der Waals surface area contributed by atoms with Crippen molar-refractivity contribution in [2.75, 3.05) is 5.73 Å². The van der Waals surface area contributed by atoms with Gasteiger partial charge in [0.15, 0.2) is 0 Å². The van der Waals surface area contributed by atoms with Gasteiger partial charge in [-0.2, -0.15) is 0 Å². The van der Waals surface area contributed by atoms with Crippen LogP contribution in [-0.2, 0) is 0 Å². The van der Waals surface area contributed by atoms with E-state index in [-0.39, 0.29) is 0 Å². The number of nitrogens with zero attached hydrogens (tertiary/aromatic N) is 1. The fourth-order valence-corrected chi connectivity index (χ4v) is 3.50. The van der Waals surface area contributed by atoms with Crippen LogP contribution in [0.1, 0.15) is 11.1 Å². The van der Waals surface area contributed by atoms with Crippen LogP contribution in [0.4, 0.5) is 5.69 Å². The first kappa shape index (κ1) is 14.7. The molecule has 2 nitrogen and oxygen atoms in total. The molecule has 0 unspecified atom stereocenters. The number of para-hydroxylation sites is 1. The molecule has 0 radical (unpaired) electrons. The summed E-state index contributed by atoms with van der Waals surface area (Å²) >= 11 is 1.73. The first-order valence-corrected chi connectivity index (χ1v) is 8.59. The summed E-state index contributed by atoms with van der Waals surface area (Å²) in [6.45, 7) is 0. The van der Waals surface area contributed by atoms with Crippen LogP contribution in [0.15, 0.2) is 72.8 Å². The molecule has 0 aliphatic carbocycles. The number of rotatable bonds is 3. The lowest BCUT2D eigenvalue weighted by atomic mass is 10.1. The fourth-order valence-electron chi connectivity index (χ4n) is 2.53. The summed E-state index contributed by atoms with van der Waals surface area (Å²) < 4.78 is 1.22. The van der Waals surface area contributed by atoms with Crippen molar-refractivity contribution in [1.29, 1.82) is 0 Å². The molecule has 4 aromatic rings. The maximum Gasteiger partial charge on any atom is 0.124 e. The van der Waals surface area contributed by atoms with E-state index in [0.29, 0.717) is 0 Å². The minimum atomic E-state index is 0.785. The first-order chi connectivity index (χ1) is 11.8. The van der Waals surface area contributed by atoms with E-state index in [4.69, 9.17) is 10.7 Å². The summed E-state index contributed by atoms with van der Waals surface area (Å²) in [5.74, 6) is 0. The molecule has 0 saturated heterocycles. The van der Waals surface area contributed by atoms with Gasteiger partial charge in [-0.1, -0.05) is 60.7 Å². The average Bonchev–Trinajstić information content (AvgIpc) is 3.06. The third-order valence-corrected chi connectivity index (χ3v) is 4.94. The Morgan fingerprint density at radius 1 is 0.750 bits per heavy atom. The zero-order valence-corrected chi connectivity index (χ0v) is 13.8. The fraction of sp³-hybridized carbons (Fsp3) is 0. The third kappa shape index (κ3) is 3.07. The second-order valence-corrected chi connectivity index (χ2v) is 6.64. The van der Waals surface area contributed by atoms with Crippen molar-refractivity contribution in [2.24, 2.45) is 0 Å². The second kappa shape index (κ2) is 6.30. The normalized spacial score (nSPS) is 11.3. The van der Waals surface area contributed by atoms with Gasteiger partial charge < -0.3 is 5.73 Å². The Labute approximate surface area is 144 Å². The molecule has 0 spiro atoms. The summed E-state index contributed by atoms with van der Waals surface area (Å²) in [6, 6.07) is 24.6. The second-order valence-electron chi connectivity index (χ2n) is 5.61. The number of thiazole rings is 1. The van der Waals surface area contributed by atoms with Crippen LogP contribution in [0.5, 0.6) is 0 Å². The molecule has 2 N–H and O–H groups in total. The molecular formula is C21H16N2S. The van der Waals surface area contributed by atoms with Crippen molar-refractivity contribution in [2.45, 2.75) is 0 Å². The molecule has 0 bridgehead atoms. The summed E-state index contributed by atoms with van der Waals surface area (Å²) in [5, 5.41) is 1.06. The Hall–Kier alpha value is -2.91. The van der Waals surface area contributed by atoms with Crippen molar-refractivity contribution < 1.29 is 0 Å². The standard InChI is InChI=1S/C21H16N2S/c22-18-13-9-16(10-14-18)6-5-15-7-11-17(12-8-15)21-23-19-3-1-2-4-20(19)24-21/h1-14H,22H2/b6-5+. The van der Waals surface area contributed by atoms with Gasteiger partial charge in [-0.3, -0.25) is 0 Å². The first-order valence-electron chi connectivity index (χ1n) is 7.77. The van der Waals surface area contributed by atoms with Gasteiger partial charge in [-0.15, -0.1) is 11.3 Å². The Balaban J connectivity index is 1.57. The molecule has 0 fully saturated rings. The van der Waals surface area contributed by atoms with Crippen LogP contribution >= 0.6 is 11.3 Å². The van der Waals surface area contributed by atoms with Crippen molar-refractivity contribution in [3.05, 3.63) is 83.9 Å². The number of nitrogens with two attached hydrogens (primary N) is 1. The lowest BCUT2D eigenvalue weighted by Gasteiger charge is -1.98. The van der Waals surface area contributed by atoms with Crippen LogP contribution in [0, 0.1) is 0 Å². The number of nitrogen functional groups attached to an aromatic ring is 1. The molecule has 3 heteroatoms. The topological polar surface area (TPSA) is 38.9 Å². The van der Waals surface area contributed by atoms with Crippen molar-refractivity contribution in [1.82, 2.24) is 4.98 Å². The van der Waals surface area contributed by atoms with E-state index in [1.807, 2.05) is 30.3 Å². The van der Waals surface area contributed by atoms with Crippen molar-refractivity contribution in [3.63, 3.8) is 0 Å². The largest absolute Gasteiger partial charge is 0.399 e. The molecule has 0 atom stereocenters. The van der Waals surface area contributed by atoms with E-state index in [2.05, 4.69) is 54.6 Å².